The number of hydrogen-bond acceptors (Lipinski definition) is 4. The predicted molar refractivity (Wildman–Crippen MR) is 114 cm³/mol. The van der Waals surface area contributed by atoms with Gasteiger partial charge in [0, 0.05) is 25.6 Å². The maximum absolute atomic E-state index is 5.43. The molecule has 0 saturated carbocycles. The summed E-state index contributed by atoms with van der Waals surface area (Å²) in [5.74, 6) is 3.06. The number of nitrogens with zero attached hydrogens (tertiary/aromatic N) is 1. The first kappa shape index (κ1) is 21.4. The van der Waals surface area contributed by atoms with Gasteiger partial charge in [0.1, 0.15) is 5.75 Å². The molecule has 0 aliphatic rings. The molecule has 0 aliphatic carbocycles. The van der Waals surface area contributed by atoms with Crippen LogP contribution in [0.4, 0.5) is 0 Å². The monoisotopic (exact) mass is 385 g/mol. The molecule has 0 heterocycles. The molecule has 6 heteroatoms. The normalized spacial score (nSPS) is 11.7. The van der Waals surface area contributed by atoms with Crippen LogP contribution in [0.3, 0.4) is 0 Å². The Morgan fingerprint density at radius 3 is 2.14 bits per heavy atom. The van der Waals surface area contributed by atoms with Crippen molar-refractivity contribution in [1.29, 1.82) is 0 Å². The van der Waals surface area contributed by atoms with Gasteiger partial charge in [0.05, 0.1) is 21.3 Å². The van der Waals surface area contributed by atoms with E-state index in [1.807, 2.05) is 36.4 Å². The summed E-state index contributed by atoms with van der Waals surface area (Å²) in [7, 11) is 6.73. The fourth-order valence-electron chi connectivity index (χ4n) is 2.81. The predicted octanol–water partition coefficient (Wildman–Crippen LogP) is 3.36. The standard InChI is InChI=1S/C22H31N3O3/c1-22(2,17-9-12-19(27-5)20(13-17)28-6)15-25-21(23-3)24-14-16-7-10-18(26-4)11-8-16/h7-13H,14-15H2,1-6H3,(H2,23,24,25). The third-order valence-corrected chi connectivity index (χ3v) is 4.71. The van der Waals surface area contributed by atoms with Crippen LogP contribution < -0.4 is 24.8 Å². The second kappa shape index (κ2) is 9.88. The van der Waals surface area contributed by atoms with E-state index in [0.29, 0.717) is 13.1 Å². The maximum atomic E-state index is 5.43. The van der Waals surface area contributed by atoms with Gasteiger partial charge < -0.3 is 24.8 Å². The number of rotatable bonds is 8. The highest BCUT2D eigenvalue weighted by Gasteiger charge is 2.22. The van der Waals surface area contributed by atoms with Crippen LogP contribution in [-0.4, -0.2) is 40.9 Å². The van der Waals surface area contributed by atoms with Gasteiger partial charge in [-0.3, -0.25) is 4.99 Å². The summed E-state index contributed by atoms with van der Waals surface area (Å²) in [5.41, 5.74) is 2.18. The number of aliphatic imine (C=N–C) groups is 1. The molecule has 28 heavy (non-hydrogen) atoms. The van der Waals surface area contributed by atoms with Crippen LogP contribution in [0.15, 0.2) is 47.5 Å². The van der Waals surface area contributed by atoms with Crippen LogP contribution in [0.1, 0.15) is 25.0 Å². The van der Waals surface area contributed by atoms with Gasteiger partial charge in [0.25, 0.3) is 0 Å². The van der Waals surface area contributed by atoms with Crippen molar-refractivity contribution in [3.63, 3.8) is 0 Å². The SMILES string of the molecule is CN=C(NCc1ccc(OC)cc1)NCC(C)(C)c1ccc(OC)c(OC)c1. The molecular weight excluding hydrogens is 354 g/mol. The van der Waals surface area contributed by atoms with Crippen LogP contribution in [-0.2, 0) is 12.0 Å². The van der Waals surface area contributed by atoms with Crippen molar-refractivity contribution < 1.29 is 14.2 Å². The number of ether oxygens (including phenoxy) is 3. The summed E-state index contributed by atoms with van der Waals surface area (Å²) >= 11 is 0. The first-order valence-corrected chi connectivity index (χ1v) is 9.23. The summed E-state index contributed by atoms with van der Waals surface area (Å²) in [6.07, 6.45) is 0. The average Bonchev–Trinajstić information content (AvgIpc) is 2.73. The van der Waals surface area contributed by atoms with E-state index >= 15 is 0 Å². The zero-order valence-electron chi connectivity index (χ0n) is 17.6. The van der Waals surface area contributed by atoms with Crippen LogP contribution >= 0.6 is 0 Å². The fraction of sp³-hybridized carbons (Fsp3) is 0.409. The Bertz CT molecular complexity index is 786. The van der Waals surface area contributed by atoms with Gasteiger partial charge in [-0.25, -0.2) is 0 Å². The van der Waals surface area contributed by atoms with Crippen molar-refractivity contribution in [3.05, 3.63) is 53.6 Å². The van der Waals surface area contributed by atoms with Crippen molar-refractivity contribution in [3.8, 4) is 17.2 Å². The van der Waals surface area contributed by atoms with Gasteiger partial charge in [-0.05, 0) is 35.4 Å². The average molecular weight is 386 g/mol. The van der Waals surface area contributed by atoms with Gasteiger partial charge in [0.15, 0.2) is 17.5 Å². The van der Waals surface area contributed by atoms with Gasteiger partial charge in [-0.2, -0.15) is 0 Å². The summed E-state index contributed by atoms with van der Waals surface area (Å²) in [6.45, 7) is 5.75. The van der Waals surface area contributed by atoms with E-state index in [-0.39, 0.29) is 5.41 Å². The molecule has 0 atom stereocenters. The Balaban J connectivity index is 1.97. The molecule has 2 aromatic carbocycles. The van der Waals surface area contributed by atoms with Crippen molar-refractivity contribution in [2.24, 2.45) is 4.99 Å². The topological polar surface area (TPSA) is 64.1 Å². The van der Waals surface area contributed by atoms with Crippen LogP contribution in [0.25, 0.3) is 0 Å². The summed E-state index contributed by atoms with van der Waals surface area (Å²) < 4.78 is 16.0. The van der Waals surface area contributed by atoms with Crippen LogP contribution in [0.5, 0.6) is 17.2 Å². The summed E-state index contributed by atoms with van der Waals surface area (Å²) in [5, 5.41) is 6.75. The first-order valence-electron chi connectivity index (χ1n) is 9.23. The summed E-state index contributed by atoms with van der Waals surface area (Å²) in [6, 6.07) is 14.0. The molecular formula is C22H31N3O3. The third-order valence-electron chi connectivity index (χ3n) is 4.71. The van der Waals surface area contributed by atoms with E-state index in [1.54, 1.807) is 28.4 Å². The number of methoxy groups -OCH3 is 3. The highest BCUT2D eigenvalue weighted by Crippen LogP contribution is 2.32. The molecule has 6 nitrogen and oxygen atoms in total. The van der Waals surface area contributed by atoms with Crippen LogP contribution in [0.2, 0.25) is 0 Å². The van der Waals surface area contributed by atoms with E-state index in [2.05, 4.69) is 35.5 Å². The van der Waals surface area contributed by atoms with Gasteiger partial charge in [-0.15, -0.1) is 0 Å². The molecule has 0 aromatic heterocycles. The quantitative estimate of drug-likeness (QED) is 0.539. The number of nitrogens with one attached hydrogen (secondary N) is 2. The molecule has 2 N–H and O–H groups in total. The highest BCUT2D eigenvalue weighted by molar-refractivity contribution is 5.79. The van der Waals surface area contributed by atoms with E-state index in [4.69, 9.17) is 14.2 Å². The van der Waals surface area contributed by atoms with Gasteiger partial charge in [-0.1, -0.05) is 32.0 Å². The molecule has 0 spiro atoms. The summed E-state index contributed by atoms with van der Waals surface area (Å²) in [4.78, 5) is 4.32. The van der Waals surface area contributed by atoms with Crippen molar-refractivity contribution in [1.82, 2.24) is 10.6 Å². The molecule has 0 fully saturated rings. The molecule has 2 aromatic rings. The van der Waals surface area contributed by atoms with Crippen LogP contribution in [0, 0.1) is 0 Å². The second-order valence-corrected chi connectivity index (χ2v) is 7.08. The number of benzene rings is 2. The molecule has 0 bridgehead atoms. The lowest BCUT2D eigenvalue weighted by Gasteiger charge is -2.27. The first-order chi connectivity index (χ1) is 13.4. The Hall–Kier alpha value is -2.89. The Labute approximate surface area is 167 Å². The largest absolute Gasteiger partial charge is 0.497 e. The fourth-order valence-corrected chi connectivity index (χ4v) is 2.81. The smallest absolute Gasteiger partial charge is 0.191 e. The second-order valence-electron chi connectivity index (χ2n) is 7.08. The molecule has 152 valence electrons. The highest BCUT2D eigenvalue weighted by atomic mass is 16.5. The molecule has 0 unspecified atom stereocenters. The lowest BCUT2D eigenvalue weighted by molar-refractivity contribution is 0.353. The molecule has 0 radical (unpaired) electrons. The minimum atomic E-state index is -0.128. The van der Waals surface area contributed by atoms with Gasteiger partial charge >= 0.3 is 0 Å². The van der Waals surface area contributed by atoms with E-state index in [0.717, 1.165) is 34.3 Å². The van der Waals surface area contributed by atoms with E-state index in [9.17, 15) is 0 Å². The zero-order chi connectivity index (χ0) is 20.6. The van der Waals surface area contributed by atoms with Crippen molar-refractivity contribution >= 4 is 5.96 Å². The Morgan fingerprint density at radius 2 is 1.57 bits per heavy atom. The van der Waals surface area contributed by atoms with Gasteiger partial charge in [0.2, 0.25) is 0 Å². The third kappa shape index (κ3) is 5.55. The minimum absolute atomic E-state index is 0.128. The Morgan fingerprint density at radius 1 is 0.893 bits per heavy atom. The van der Waals surface area contributed by atoms with Crippen molar-refractivity contribution in [2.75, 3.05) is 34.9 Å². The molecule has 0 amide bonds. The molecule has 2 rings (SSSR count). The number of guanidine groups is 1. The number of hydrogen-bond donors (Lipinski definition) is 2. The lowest BCUT2D eigenvalue weighted by Crippen LogP contribution is -2.43. The van der Waals surface area contributed by atoms with Crippen molar-refractivity contribution in [2.45, 2.75) is 25.8 Å². The Kier molecular flexibility index (Phi) is 7.55. The zero-order valence-corrected chi connectivity index (χ0v) is 17.6. The lowest BCUT2D eigenvalue weighted by atomic mass is 9.84. The molecule has 0 saturated heterocycles. The van der Waals surface area contributed by atoms with E-state index < -0.39 is 0 Å². The molecule has 0 aliphatic heterocycles. The van der Waals surface area contributed by atoms with E-state index in [1.165, 1.54) is 0 Å². The maximum Gasteiger partial charge on any atom is 0.191 e. The minimum Gasteiger partial charge on any atom is -0.497 e.